The molecule has 3 heteroatoms. The second kappa shape index (κ2) is 10.8. The maximum Gasteiger partial charge on any atom is 0.145 e. The highest BCUT2D eigenvalue weighted by molar-refractivity contribution is 6.07. The molecule has 0 radical (unpaired) electrons. The first kappa shape index (κ1) is 29.0. The van der Waals surface area contributed by atoms with Gasteiger partial charge in [0.25, 0.3) is 0 Å². The molecule has 0 fully saturated rings. The van der Waals surface area contributed by atoms with Crippen molar-refractivity contribution in [2.75, 3.05) is 0 Å². The number of benzene rings is 6. The summed E-state index contributed by atoms with van der Waals surface area (Å²) in [4.78, 5) is 5.25. The van der Waals surface area contributed by atoms with E-state index in [9.17, 15) is 0 Å². The van der Waals surface area contributed by atoms with E-state index in [0.717, 1.165) is 50.0 Å². The molecule has 0 saturated heterocycles. The summed E-state index contributed by atoms with van der Waals surface area (Å²) >= 11 is 0. The van der Waals surface area contributed by atoms with Crippen molar-refractivity contribution in [1.82, 2.24) is 9.55 Å². The lowest BCUT2D eigenvalue weighted by molar-refractivity contribution is 0.590. The van der Waals surface area contributed by atoms with Gasteiger partial charge >= 0.3 is 0 Å². The van der Waals surface area contributed by atoms with E-state index in [4.69, 9.17) is 9.40 Å². The predicted molar refractivity (Wildman–Crippen MR) is 198 cm³/mol. The van der Waals surface area contributed by atoms with Crippen molar-refractivity contribution in [3.05, 3.63) is 144 Å². The van der Waals surface area contributed by atoms with E-state index in [1.54, 1.807) is 0 Å². The van der Waals surface area contributed by atoms with E-state index >= 15 is 0 Å². The molecular weight excluding hydrogens is 572 g/mol. The minimum absolute atomic E-state index is 0.0198. The highest BCUT2D eigenvalue weighted by Gasteiger charge is 2.22. The van der Waals surface area contributed by atoms with Crippen molar-refractivity contribution in [2.24, 2.45) is 0 Å². The Bertz CT molecular complexity index is 2450. The van der Waals surface area contributed by atoms with Gasteiger partial charge in [0.1, 0.15) is 17.0 Å². The number of aryl methyl sites for hydroxylation is 3. The van der Waals surface area contributed by atoms with Crippen molar-refractivity contribution in [3.63, 3.8) is 0 Å². The standard InChI is InChI=1S/C44H38N2O/c1-27-22-28(2)42(29(3)23-27)31-16-19-34-36-24-32(17-21-40(36)47-41(34)25-31)43-45-37-14-10-11-15-39(37)46(43)38-20-18-33(44(4,5)6)26-35(38)30-12-8-7-9-13-30/h7-26H,1-6H3. The number of hydrogen-bond acceptors (Lipinski definition) is 2. The maximum atomic E-state index is 6.48. The van der Waals surface area contributed by atoms with Gasteiger partial charge in [0.05, 0.1) is 16.7 Å². The number of hydrogen-bond donors (Lipinski definition) is 0. The first-order chi connectivity index (χ1) is 22.7. The molecule has 0 atom stereocenters. The van der Waals surface area contributed by atoms with E-state index in [-0.39, 0.29) is 5.41 Å². The third kappa shape index (κ3) is 4.94. The van der Waals surface area contributed by atoms with E-state index in [2.05, 4.69) is 167 Å². The molecule has 47 heavy (non-hydrogen) atoms. The average molecular weight is 611 g/mol. The summed E-state index contributed by atoms with van der Waals surface area (Å²) in [6.07, 6.45) is 0. The Kier molecular flexibility index (Phi) is 6.70. The van der Waals surface area contributed by atoms with Crippen LogP contribution in [0.4, 0.5) is 0 Å². The van der Waals surface area contributed by atoms with E-state index in [0.29, 0.717) is 0 Å². The van der Waals surface area contributed by atoms with Gasteiger partial charge in [-0.25, -0.2) is 4.98 Å². The molecule has 0 aliphatic rings. The monoisotopic (exact) mass is 610 g/mol. The third-order valence-corrected chi connectivity index (χ3v) is 9.44. The molecule has 0 unspecified atom stereocenters. The van der Waals surface area contributed by atoms with Crippen LogP contribution >= 0.6 is 0 Å². The zero-order valence-corrected chi connectivity index (χ0v) is 27.8. The molecule has 230 valence electrons. The number of rotatable bonds is 4. The van der Waals surface area contributed by atoms with Gasteiger partial charge in [-0.05, 0) is 114 Å². The predicted octanol–water partition coefficient (Wildman–Crippen LogP) is 12.1. The Labute approximate surface area is 276 Å². The minimum Gasteiger partial charge on any atom is -0.456 e. The van der Waals surface area contributed by atoms with Crippen molar-refractivity contribution >= 4 is 33.0 Å². The van der Waals surface area contributed by atoms with Crippen LogP contribution in [-0.2, 0) is 5.41 Å². The zero-order valence-electron chi connectivity index (χ0n) is 27.8. The fourth-order valence-electron chi connectivity index (χ4n) is 7.22. The van der Waals surface area contributed by atoms with Crippen molar-refractivity contribution in [2.45, 2.75) is 47.0 Å². The van der Waals surface area contributed by atoms with Crippen LogP contribution in [0.2, 0.25) is 0 Å². The molecule has 0 N–H and O–H groups in total. The number of imidazole rings is 1. The van der Waals surface area contributed by atoms with Gasteiger partial charge < -0.3 is 4.42 Å². The van der Waals surface area contributed by atoms with Gasteiger partial charge in [0.15, 0.2) is 0 Å². The van der Waals surface area contributed by atoms with Crippen molar-refractivity contribution in [3.8, 4) is 39.3 Å². The Balaban J connectivity index is 1.33. The molecule has 0 aliphatic heterocycles. The largest absolute Gasteiger partial charge is 0.456 e. The van der Waals surface area contributed by atoms with E-state index in [1.165, 1.54) is 44.5 Å². The fourth-order valence-corrected chi connectivity index (χ4v) is 7.22. The van der Waals surface area contributed by atoms with Gasteiger partial charge in [-0.15, -0.1) is 0 Å². The van der Waals surface area contributed by atoms with Crippen molar-refractivity contribution < 1.29 is 4.42 Å². The number of furan rings is 1. The van der Waals surface area contributed by atoms with Crippen LogP contribution in [-0.4, -0.2) is 9.55 Å². The summed E-state index contributed by atoms with van der Waals surface area (Å²) in [6.45, 7) is 13.3. The second-order valence-corrected chi connectivity index (χ2v) is 13.9. The molecule has 0 amide bonds. The van der Waals surface area contributed by atoms with E-state index in [1.807, 2.05) is 0 Å². The lowest BCUT2D eigenvalue weighted by Crippen LogP contribution is -2.12. The smallest absolute Gasteiger partial charge is 0.145 e. The first-order valence-corrected chi connectivity index (χ1v) is 16.4. The van der Waals surface area contributed by atoms with Gasteiger partial charge in [0.2, 0.25) is 0 Å². The second-order valence-electron chi connectivity index (χ2n) is 13.9. The number of fused-ring (bicyclic) bond motifs is 4. The lowest BCUT2D eigenvalue weighted by atomic mass is 9.85. The number of nitrogens with zero attached hydrogens (tertiary/aromatic N) is 2. The molecule has 8 rings (SSSR count). The topological polar surface area (TPSA) is 31.0 Å². The van der Waals surface area contributed by atoms with Gasteiger partial charge in [-0.2, -0.15) is 0 Å². The minimum atomic E-state index is 0.0198. The molecule has 8 aromatic rings. The number of aromatic nitrogens is 2. The Morgan fingerprint density at radius 3 is 2.09 bits per heavy atom. The quantitative estimate of drug-likeness (QED) is 0.198. The summed E-state index contributed by atoms with van der Waals surface area (Å²) in [5.74, 6) is 0.908. The summed E-state index contributed by atoms with van der Waals surface area (Å²) in [7, 11) is 0. The van der Waals surface area contributed by atoms with Gasteiger partial charge in [0, 0.05) is 21.9 Å². The Hall–Kier alpha value is -5.41. The summed E-state index contributed by atoms with van der Waals surface area (Å²) in [6, 6.07) is 43.6. The molecule has 2 heterocycles. The molecule has 2 aromatic heterocycles. The van der Waals surface area contributed by atoms with Crippen LogP contribution in [0.25, 0.3) is 72.3 Å². The third-order valence-electron chi connectivity index (χ3n) is 9.44. The molecule has 0 spiro atoms. The Morgan fingerprint density at radius 2 is 1.32 bits per heavy atom. The van der Waals surface area contributed by atoms with E-state index < -0.39 is 0 Å². The average Bonchev–Trinajstić information content (AvgIpc) is 3.62. The zero-order chi connectivity index (χ0) is 32.4. The molecule has 0 bridgehead atoms. The van der Waals surface area contributed by atoms with Crippen LogP contribution in [0, 0.1) is 20.8 Å². The molecule has 6 aromatic carbocycles. The molecular formula is C44H38N2O. The Morgan fingerprint density at radius 1 is 0.596 bits per heavy atom. The van der Waals surface area contributed by atoms with Crippen LogP contribution < -0.4 is 0 Å². The maximum absolute atomic E-state index is 6.48. The van der Waals surface area contributed by atoms with Crippen LogP contribution in [0.5, 0.6) is 0 Å². The SMILES string of the molecule is Cc1cc(C)c(-c2ccc3c(c2)oc2ccc(-c4nc5ccccc5n4-c4ccc(C(C)(C)C)cc4-c4ccccc4)cc23)c(C)c1. The molecule has 3 nitrogen and oxygen atoms in total. The summed E-state index contributed by atoms with van der Waals surface area (Å²) < 4.78 is 8.81. The first-order valence-electron chi connectivity index (χ1n) is 16.4. The fraction of sp³-hybridized carbons (Fsp3) is 0.159. The summed E-state index contributed by atoms with van der Waals surface area (Å²) in [5, 5.41) is 2.20. The van der Waals surface area contributed by atoms with Crippen LogP contribution in [0.1, 0.15) is 43.0 Å². The lowest BCUT2D eigenvalue weighted by Gasteiger charge is -2.23. The number of para-hydroxylation sites is 2. The molecule has 0 saturated carbocycles. The van der Waals surface area contributed by atoms with Crippen LogP contribution in [0.3, 0.4) is 0 Å². The van der Waals surface area contributed by atoms with Gasteiger partial charge in [-0.1, -0.05) is 93.1 Å². The molecule has 0 aliphatic carbocycles. The highest BCUT2D eigenvalue weighted by atomic mass is 16.3. The van der Waals surface area contributed by atoms with Crippen molar-refractivity contribution in [1.29, 1.82) is 0 Å². The van der Waals surface area contributed by atoms with Gasteiger partial charge in [-0.3, -0.25) is 4.57 Å². The normalized spacial score (nSPS) is 12.0. The summed E-state index contributed by atoms with van der Waals surface area (Å²) in [5.41, 5.74) is 16.0. The highest BCUT2D eigenvalue weighted by Crippen LogP contribution is 2.40. The van der Waals surface area contributed by atoms with Crippen LogP contribution in [0.15, 0.2) is 126 Å².